The molecule has 2 heterocycles. The number of rotatable bonds is 8. The third-order valence-electron chi connectivity index (χ3n) is 3.74. The Bertz CT molecular complexity index is 1030. The molecule has 0 bridgehead atoms. The highest BCUT2D eigenvalue weighted by Crippen LogP contribution is 2.20. The van der Waals surface area contributed by atoms with E-state index in [2.05, 4.69) is 9.71 Å². The van der Waals surface area contributed by atoms with Crippen LogP contribution in [0.15, 0.2) is 64.3 Å². The highest BCUT2D eigenvalue weighted by atomic mass is 32.2. The van der Waals surface area contributed by atoms with E-state index in [9.17, 15) is 13.2 Å². The lowest BCUT2D eigenvalue weighted by Crippen LogP contribution is -2.30. The fraction of sp³-hybridized carbons (Fsp3) is 0.158. The Morgan fingerprint density at radius 3 is 2.71 bits per heavy atom. The maximum atomic E-state index is 12.5. The summed E-state index contributed by atoms with van der Waals surface area (Å²) in [5.41, 5.74) is 1.80. The molecule has 3 rings (SSSR count). The Morgan fingerprint density at radius 1 is 1.18 bits per heavy atom. The first-order valence-corrected chi connectivity index (χ1v) is 10.7. The first kappa shape index (κ1) is 20.0. The molecule has 0 aliphatic heterocycles. The van der Waals surface area contributed by atoms with Gasteiger partial charge in [0.2, 0.25) is 0 Å². The van der Waals surface area contributed by atoms with Gasteiger partial charge in [-0.25, -0.2) is 13.1 Å². The number of nitrogens with zero attached hydrogens (tertiary/aromatic N) is 1. The third-order valence-corrected chi connectivity index (χ3v) is 5.75. The normalized spacial score (nSPS) is 11.2. The fourth-order valence-electron chi connectivity index (χ4n) is 2.32. The highest BCUT2D eigenvalue weighted by Gasteiger charge is 2.19. The van der Waals surface area contributed by atoms with Crippen LogP contribution in [0.3, 0.4) is 0 Å². The Kier molecular flexibility index (Phi) is 6.40. The molecule has 0 aliphatic carbocycles. The number of carbonyl (C=O) groups is 1. The molecule has 1 aromatic carbocycles. The third kappa shape index (κ3) is 4.94. The van der Waals surface area contributed by atoms with Crippen LogP contribution in [0.1, 0.15) is 10.4 Å². The smallest absolute Gasteiger partial charge is 0.266 e. The van der Waals surface area contributed by atoms with Crippen LogP contribution in [0.4, 0.5) is 0 Å². The summed E-state index contributed by atoms with van der Waals surface area (Å²) in [4.78, 5) is 16.5. The first-order valence-electron chi connectivity index (χ1n) is 8.27. The number of methoxy groups -OCH3 is 1. The van der Waals surface area contributed by atoms with Gasteiger partial charge in [0.05, 0.1) is 22.8 Å². The molecule has 28 heavy (non-hydrogen) atoms. The molecule has 0 unspecified atom stereocenters. The molecule has 0 spiro atoms. The van der Waals surface area contributed by atoms with Crippen molar-refractivity contribution < 1.29 is 22.7 Å². The van der Waals surface area contributed by atoms with Gasteiger partial charge >= 0.3 is 0 Å². The molecule has 0 atom stereocenters. The Morgan fingerprint density at radius 2 is 2.04 bits per heavy atom. The average Bonchev–Trinajstić information content (AvgIpc) is 3.23. The van der Waals surface area contributed by atoms with E-state index in [0.717, 1.165) is 5.56 Å². The summed E-state index contributed by atoms with van der Waals surface area (Å²) in [6, 6.07) is 11.0. The van der Waals surface area contributed by atoms with Gasteiger partial charge in [0.25, 0.3) is 15.9 Å². The van der Waals surface area contributed by atoms with Gasteiger partial charge < -0.3 is 9.47 Å². The first-order chi connectivity index (χ1) is 13.5. The van der Waals surface area contributed by atoms with Gasteiger partial charge in [0.15, 0.2) is 0 Å². The van der Waals surface area contributed by atoms with E-state index in [0.29, 0.717) is 18.1 Å². The van der Waals surface area contributed by atoms with Crippen LogP contribution < -0.4 is 9.46 Å². The number of nitrogens with one attached hydrogen (secondary N) is 1. The molecule has 7 nitrogen and oxygen atoms in total. The average molecular weight is 418 g/mol. The number of pyridine rings is 1. The minimum atomic E-state index is -4.05. The maximum absolute atomic E-state index is 12.5. The number of thiophene rings is 1. The Labute approximate surface area is 167 Å². The fourth-order valence-corrected chi connectivity index (χ4v) is 3.98. The predicted molar refractivity (Wildman–Crippen MR) is 106 cm³/mol. The van der Waals surface area contributed by atoms with Crippen LogP contribution in [0.2, 0.25) is 0 Å². The standard InChI is InChI=1S/C19H18N2O5S2/c1-25-8-9-26-16-3-2-4-17(11-16)28(23,24)21-19(22)14-5-6-18(20-12-14)15-7-10-27-13-15/h2-7,10-13H,8-9H2,1H3,(H,21,22). The Hall–Kier alpha value is -2.75. The van der Waals surface area contributed by atoms with E-state index in [1.54, 1.807) is 36.6 Å². The lowest BCUT2D eigenvalue weighted by molar-refractivity contribution is 0.0981. The number of aromatic nitrogens is 1. The van der Waals surface area contributed by atoms with Gasteiger partial charge in [-0.1, -0.05) is 6.07 Å². The summed E-state index contributed by atoms with van der Waals surface area (Å²) in [6.07, 6.45) is 1.35. The van der Waals surface area contributed by atoms with Crippen molar-refractivity contribution in [3.8, 4) is 17.0 Å². The van der Waals surface area contributed by atoms with E-state index in [4.69, 9.17) is 9.47 Å². The lowest BCUT2D eigenvalue weighted by atomic mass is 10.2. The van der Waals surface area contributed by atoms with Gasteiger partial charge in [-0.2, -0.15) is 11.3 Å². The summed E-state index contributed by atoms with van der Waals surface area (Å²) < 4.78 is 37.4. The van der Waals surface area contributed by atoms with E-state index in [-0.39, 0.29) is 17.1 Å². The zero-order chi connectivity index (χ0) is 20.0. The molecule has 9 heteroatoms. The molecular formula is C19H18N2O5S2. The summed E-state index contributed by atoms with van der Waals surface area (Å²) in [6.45, 7) is 0.663. The van der Waals surface area contributed by atoms with E-state index in [1.807, 2.05) is 16.8 Å². The number of carbonyl (C=O) groups excluding carboxylic acids is 1. The minimum Gasteiger partial charge on any atom is -0.491 e. The van der Waals surface area contributed by atoms with Crippen molar-refractivity contribution in [3.05, 3.63) is 65.0 Å². The molecule has 1 N–H and O–H groups in total. The number of benzene rings is 1. The van der Waals surface area contributed by atoms with Gasteiger partial charge in [-0.05, 0) is 35.7 Å². The van der Waals surface area contributed by atoms with Crippen molar-refractivity contribution in [2.45, 2.75) is 4.90 Å². The van der Waals surface area contributed by atoms with Gasteiger partial charge in [-0.3, -0.25) is 9.78 Å². The van der Waals surface area contributed by atoms with Crippen LogP contribution in [0.25, 0.3) is 11.3 Å². The van der Waals surface area contributed by atoms with Crippen LogP contribution >= 0.6 is 11.3 Å². The quantitative estimate of drug-likeness (QED) is 0.565. The lowest BCUT2D eigenvalue weighted by Gasteiger charge is -2.10. The van der Waals surface area contributed by atoms with Gasteiger partial charge in [0, 0.05) is 30.3 Å². The summed E-state index contributed by atoms with van der Waals surface area (Å²) in [5.74, 6) is -0.385. The SMILES string of the molecule is COCCOc1cccc(S(=O)(=O)NC(=O)c2ccc(-c3ccsc3)nc2)c1. The van der Waals surface area contributed by atoms with Gasteiger partial charge in [-0.15, -0.1) is 0 Å². The van der Waals surface area contributed by atoms with E-state index in [1.165, 1.54) is 24.4 Å². The molecular weight excluding hydrogens is 400 g/mol. The molecule has 146 valence electrons. The van der Waals surface area contributed by atoms with Gasteiger partial charge in [0.1, 0.15) is 12.4 Å². The molecule has 0 saturated heterocycles. The van der Waals surface area contributed by atoms with Crippen molar-refractivity contribution in [3.63, 3.8) is 0 Å². The monoisotopic (exact) mass is 418 g/mol. The zero-order valence-corrected chi connectivity index (χ0v) is 16.6. The predicted octanol–water partition coefficient (Wildman–Crippen LogP) is 2.95. The second-order valence-electron chi connectivity index (χ2n) is 5.69. The highest BCUT2D eigenvalue weighted by molar-refractivity contribution is 7.90. The number of hydrogen-bond donors (Lipinski definition) is 1. The molecule has 0 fully saturated rings. The van der Waals surface area contributed by atoms with Crippen LogP contribution in [-0.2, 0) is 14.8 Å². The van der Waals surface area contributed by atoms with Crippen molar-refractivity contribution in [2.75, 3.05) is 20.3 Å². The van der Waals surface area contributed by atoms with E-state index < -0.39 is 15.9 Å². The summed E-state index contributed by atoms with van der Waals surface area (Å²) in [5, 5.41) is 3.87. The second kappa shape index (κ2) is 8.96. The van der Waals surface area contributed by atoms with Crippen molar-refractivity contribution in [1.82, 2.24) is 9.71 Å². The topological polar surface area (TPSA) is 94.6 Å². The zero-order valence-electron chi connectivity index (χ0n) is 15.0. The van der Waals surface area contributed by atoms with Crippen LogP contribution in [0.5, 0.6) is 5.75 Å². The number of ether oxygens (including phenoxy) is 2. The molecule has 0 radical (unpaired) electrons. The Balaban J connectivity index is 1.71. The van der Waals surface area contributed by atoms with Crippen molar-refractivity contribution >= 4 is 27.3 Å². The summed E-state index contributed by atoms with van der Waals surface area (Å²) >= 11 is 1.54. The maximum Gasteiger partial charge on any atom is 0.266 e. The van der Waals surface area contributed by atoms with Crippen LogP contribution in [-0.4, -0.2) is 39.6 Å². The molecule has 0 aliphatic rings. The number of amides is 1. The summed E-state index contributed by atoms with van der Waals surface area (Å²) in [7, 11) is -2.51. The van der Waals surface area contributed by atoms with Crippen molar-refractivity contribution in [2.24, 2.45) is 0 Å². The largest absolute Gasteiger partial charge is 0.491 e. The van der Waals surface area contributed by atoms with Crippen LogP contribution in [0, 0.1) is 0 Å². The number of hydrogen-bond acceptors (Lipinski definition) is 7. The number of sulfonamides is 1. The second-order valence-corrected chi connectivity index (χ2v) is 8.16. The molecule has 0 saturated carbocycles. The molecule has 1 amide bonds. The minimum absolute atomic E-state index is 0.0707. The van der Waals surface area contributed by atoms with Crippen molar-refractivity contribution in [1.29, 1.82) is 0 Å². The van der Waals surface area contributed by atoms with E-state index >= 15 is 0 Å². The molecule has 2 aromatic heterocycles. The molecule has 3 aromatic rings.